The van der Waals surface area contributed by atoms with E-state index in [0.717, 1.165) is 9.86 Å². The van der Waals surface area contributed by atoms with Gasteiger partial charge in [-0.05, 0) is 41.1 Å². The fourth-order valence-electron chi connectivity index (χ4n) is 1.99. The van der Waals surface area contributed by atoms with E-state index in [2.05, 4.69) is 20.9 Å². The first-order chi connectivity index (χ1) is 10.6. The average molecular weight is 366 g/mol. The Labute approximate surface area is 134 Å². The maximum atomic E-state index is 11.6. The van der Waals surface area contributed by atoms with Crippen LogP contribution in [0.1, 0.15) is 17.5 Å². The Morgan fingerprint density at radius 3 is 2.86 bits per heavy atom. The Hall–Kier alpha value is -2.28. The van der Waals surface area contributed by atoms with Crippen molar-refractivity contribution in [1.82, 2.24) is 4.98 Å². The van der Waals surface area contributed by atoms with Crippen molar-refractivity contribution >= 4 is 32.9 Å². The summed E-state index contributed by atoms with van der Waals surface area (Å²) in [6.07, 6.45) is 1.32. The lowest BCUT2D eigenvalue weighted by atomic mass is 10.2. The van der Waals surface area contributed by atoms with Crippen molar-refractivity contribution in [1.29, 1.82) is 0 Å². The van der Waals surface area contributed by atoms with Crippen molar-refractivity contribution in [2.24, 2.45) is 0 Å². The van der Waals surface area contributed by atoms with E-state index in [-0.39, 0.29) is 18.3 Å². The fraction of sp³-hybridized carbons (Fsp3) is 0.200. The molecule has 0 aliphatic carbocycles. The highest BCUT2D eigenvalue weighted by Gasteiger charge is 2.18. The van der Waals surface area contributed by atoms with Crippen LogP contribution in [-0.4, -0.2) is 24.7 Å². The molecule has 2 aromatic heterocycles. The summed E-state index contributed by atoms with van der Waals surface area (Å²) in [5.74, 6) is 0.817. The summed E-state index contributed by atoms with van der Waals surface area (Å²) in [6, 6.07) is 5.40. The van der Waals surface area contributed by atoms with Gasteiger partial charge in [0.2, 0.25) is 5.76 Å². The summed E-state index contributed by atoms with van der Waals surface area (Å²) in [5, 5.41) is 0.839. The Morgan fingerprint density at radius 1 is 1.32 bits per heavy atom. The number of furan rings is 1. The molecule has 0 amide bonds. The Bertz CT molecular complexity index is 836. The smallest absolute Gasteiger partial charge is 0.375 e. The molecule has 0 unspecified atom stereocenters. The highest BCUT2D eigenvalue weighted by molar-refractivity contribution is 9.10. The molecule has 0 N–H and O–H groups in total. The monoisotopic (exact) mass is 365 g/mol. The van der Waals surface area contributed by atoms with Crippen LogP contribution >= 0.6 is 15.9 Å². The summed E-state index contributed by atoms with van der Waals surface area (Å²) in [7, 11) is 1.59. The molecule has 1 aromatic carbocycles. The van der Waals surface area contributed by atoms with Crippen molar-refractivity contribution in [3.63, 3.8) is 0 Å². The number of esters is 1. The van der Waals surface area contributed by atoms with E-state index in [4.69, 9.17) is 18.3 Å². The summed E-state index contributed by atoms with van der Waals surface area (Å²) < 4.78 is 21.9. The maximum absolute atomic E-state index is 11.6. The number of rotatable bonds is 4. The van der Waals surface area contributed by atoms with Gasteiger partial charge in [-0.2, -0.15) is 0 Å². The van der Waals surface area contributed by atoms with E-state index in [1.807, 2.05) is 6.07 Å². The van der Waals surface area contributed by atoms with E-state index < -0.39 is 5.97 Å². The molecule has 0 saturated heterocycles. The first kappa shape index (κ1) is 14.6. The molecule has 0 spiro atoms. The minimum absolute atomic E-state index is 0.0380. The van der Waals surface area contributed by atoms with Gasteiger partial charge in [0.25, 0.3) is 5.89 Å². The van der Waals surface area contributed by atoms with Gasteiger partial charge in [0.15, 0.2) is 5.76 Å². The van der Waals surface area contributed by atoms with Crippen molar-refractivity contribution in [3.8, 4) is 17.4 Å². The van der Waals surface area contributed by atoms with Crippen LogP contribution in [0.15, 0.2) is 37.7 Å². The summed E-state index contributed by atoms with van der Waals surface area (Å²) in [6.45, 7) is 1.99. The molecule has 3 aromatic rings. The zero-order valence-corrected chi connectivity index (χ0v) is 13.5. The number of hydrogen-bond donors (Lipinski definition) is 0. The van der Waals surface area contributed by atoms with E-state index in [9.17, 15) is 4.79 Å². The van der Waals surface area contributed by atoms with Gasteiger partial charge in [0.1, 0.15) is 11.3 Å². The summed E-state index contributed by atoms with van der Waals surface area (Å²) in [4.78, 5) is 15.6. The van der Waals surface area contributed by atoms with Crippen LogP contribution in [0.4, 0.5) is 0 Å². The number of hydrogen-bond acceptors (Lipinski definition) is 6. The van der Waals surface area contributed by atoms with Crippen LogP contribution in [0, 0.1) is 0 Å². The van der Waals surface area contributed by atoms with Crippen LogP contribution in [0.25, 0.3) is 22.6 Å². The number of oxazole rings is 1. The lowest BCUT2D eigenvalue weighted by molar-refractivity contribution is 0.0491. The molecule has 3 rings (SSSR count). The lowest BCUT2D eigenvalue weighted by Gasteiger charge is -2.01. The largest absolute Gasteiger partial charge is 0.496 e. The fourth-order valence-corrected chi connectivity index (χ4v) is 2.47. The minimum Gasteiger partial charge on any atom is -0.496 e. The number of aromatic nitrogens is 1. The van der Waals surface area contributed by atoms with Gasteiger partial charge in [-0.1, -0.05) is 0 Å². The number of carbonyl (C=O) groups excluding carboxylic acids is 1. The molecule has 7 heteroatoms. The molecular weight excluding hydrogens is 354 g/mol. The molecule has 0 saturated carbocycles. The molecule has 2 heterocycles. The number of halogens is 1. The lowest BCUT2D eigenvalue weighted by Crippen LogP contribution is -2.02. The topological polar surface area (TPSA) is 74.7 Å². The first-order valence-electron chi connectivity index (χ1n) is 6.52. The molecule has 0 radical (unpaired) electrons. The van der Waals surface area contributed by atoms with Crippen LogP contribution in [0.3, 0.4) is 0 Å². The normalized spacial score (nSPS) is 10.9. The number of benzene rings is 1. The van der Waals surface area contributed by atoms with Gasteiger partial charge in [-0.15, -0.1) is 0 Å². The average Bonchev–Trinajstić information content (AvgIpc) is 3.12. The SMILES string of the molecule is CCOC(=O)c1cnc(-c2cc3cc(OC)c(Br)cc3o2)o1. The van der Waals surface area contributed by atoms with Gasteiger partial charge < -0.3 is 18.3 Å². The zero-order valence-electron chi connectivity index (χ0n) is 11.9. The number of carbonyl (C=O) groups is 1. The van der Waals surface area contributed by atoms with E-state index >= 15 is 0 Å². The molecule has 0 aliphatic heterocycles. The molecule has 0 bridgehead atoms. The Balaban J connectivity index is 1.98. The molecule has 6 nitrogen and oxygen atoms in total. The molecule has 22 heavy (non-hydrogen) atoms. The van der Waals surface area contributed by atoms with E-state index in [1.54, 1.807) is 26.2 Å². The molecular formula is C15H12BrNO5. The predicted octanol–water partition coefficient (Wildman–Crippen LogP) is 4.04. The number of methoxy groups -OCH3 is 1. The second kappa shape index (κ2) is 5.84. The minimum atomic E-state index is -0.554. The Morgan fingerprint density at radius 2 is 2.14 bits per heavy atom. The van der Waals surface area contributed by atoms with Crippen LogP contribution in [0.2, 0.25) is 0 Å². The van der Waals surface area contributed by atoms with Gasteiger partial charge in [0, 0.05) is 5.39 Å². The summed E-state index contributed by atoms with van der Waals surface area (Å²) in [5.41, 5.74) is 0.651. The third-order valence-electron chi connectivity index (χ3n) is 2.98. The second-order valence-electron chi connectivity index (χ2n) is 4.39. The molecule has 0 atom stereocenters. The summed E-state index contributed by atoms with van der Waals surface area (Å²) >= 11 is 3.40. The van der Waals surface area contributed by atoms with Gasteiger partial charge in [-0.3, -0.25) is 0 Å². The standard InChI is InChI=1S/C15H12BrNO5/c1-3-20-15(18)13-7-17-14(22-13)12-5-8-4-11(19-2)9(16)6-10(8)21-12/h4-7H,3H2,1-2H3. The van der Waals surface area contributed by atoms with Crippen molar-refractivity contribution in [2.45, 2.75) is 6.92 Å². The highest BCUT2D eigenvalue weighted by atomic mass is 79.9. The maximum Gasteiger partial charge on any atom is 0.375 e. The van der Waals surface area contributed by atoms with Gasteiger partial charge >= 0.3 is 5.97 Å². The quantitative estimate of drug-likeness (QED) is 0.649. The molecule has 0 fully saturated rings. The van der Waals surface area contributed by atoms with Crippen molar-refractivity contribution < 1.29 is 23.1 Å². The van der Waals surface area contributed by atoms with E-state index in [0.29, 0.717) is 17.1 Å². The number of ether oxygens (including phenoxy) is 2. The molecule has 114 valence electrons. The van der Waals surface area contributed by atoms with Crippen LogP contribution in [0.5, 0.6) is 5.75 Å². The third-order valence-corrected chi connectivity index (χ3v) is 3.60. The van der Waals surface area contributed by atoms with Crippen LogP contribution in [-0.2, 0) is 4.74 Å². The van der Waals surface area contributed by atoms with Crippen LogP contribution < -0.4 is 4.74 Å². The third kappa shape index (κ3) is 2.59. The van der Waals surface area contributed by atoms with Crippen molar-refractivity contribution in [3.05, 3.63) is 34.6 Å². The Kier molecular flexibility index (Phi) is 3.89. The predicted molar refractivity (Wildman–Crippen MR) is 81.9 cm³/mol. The van der Waals surface area contributed by atoms with Gasteiger partial charge in [0.05, 0.1) is 24.4 Å². The first-order valence-corrected chi connectivity index (χ1v) is 7.32. The highest BCUT2D eigenvalue weighted by Crippen LogP contribution is 2.34. The number of nitrogens with zero attached hydrogens (tertiary/aromatic N) is 1. The number of fused-ring (bicyclic) bond motifs is 1. The second-order valence-corrected chi connectivity index (χ2v) is 5.24. The zero-order chi connectivity index (χ0) is 15.7. The van der Waals surface area contributed by atoms with Gasteiger partial charge in [-0.25, -0.2) is 9.78 Å². The molecule has 0 aliphatic rings. The van der Waals surface area contributed by atoms with Crippen molar-refractivity contribution in [2.75, 3.05) is 13.7 Å². The van der Waals surface area contributed by atoms with E-state index in [1.165, 1.54) is 6.20 Å².